The molecule has 6 nitrogen and oxygen atoms in total. The Labute approximate surface area is 150 Å². The Morgan fingerprint density at radius 2 is 1.77 bits per heavy atom. The van der Waals surface area contributed by atoms with Crippen molar-refractivity contribution in [2.45, 2.75) is 13.0 Å². The fourth-order valence-electron chi connectivity index (χ4n) is 2.64. The Kier molecular flexibility index (Phi) is 5.03. The molecule has 0 aliphatic rings. The molecule has 0 unspecified atom stereocenters. The molecule has 3 aromatic rings. The number of benzene rings is 2. The summed E-state index contributed by atoms with van der Waals surface area (Å²) >= 11 is 0. The first-order chi connectivity index (χ1) is 12.6. The first-order valence-electron chi connectivity index (χ1n) is 8.12. The minimum absolute atomic E-state index is 0.144. The van der Waals surface area contributed by atoms with E-state index in [9.17, 15) is 14.9 Å². The van der Waals surface area contributed by atoms with Crippen molar-refractivity contribution in [3.05, 3.63) is 99.9 Å². The predicted octanol–water partition coefficient (Wildman–Crippen LogP) is 4.39. The summed E-state index contributed by atoms with van der Waals surface area (Å²) in [6.07, 6.45) is 1.67. The summed E-state index contributed by atoms with van der Waals surface area (Å²) in [4.78, 5) is 27.8. The summed E-state index contributed by atoms with van der Waals surface area (Å²) in [6, 6.07) is 18.4. The fourth-order valence-corrected chi connectivity index (χ4v) is 2.64. The first-order valence-corrected chi connectivity index (χ1v) is 8.12. The summed E-state index contributed by atoms with van der Waals surface area (Å²) in [6.45, 7) is 1.87. The Balaban J connectivity index is 1.90. The zero-order valence-electron chi connectivity index (χ0n) is 14.1. The summed E-state index contributed by atoms with van der Waals surface area (Å²) in [5.74, 6) is -0.252. The van der Waals surface area contributed by atoms with E-state index in [2.05, 4.69) is 10.3 Å². The Morgan fingerprint density at radius 1 is 1.04 bits per heavy atom. The molecule has 0 amide bonds. The third-order valence-electron chi connectivity index (χ3n) is 4.00. The molecule has 1 N–H and O–H groups in total. The van der Waals surface area contributed by atoms with Crippen molar-refractivity contribution in [3.63, 3.8) is 0 Å². The summed E-state index contributed by atoms with van der Waals surface area (Å²) in [5.41, 5.74) is 1.74. The Morgan fingerprint density at radius 3 is 2.42 bits per heavy atom. The van der Waals surface area contributed by atoms with Crippen LogP contribution in [-0.2, 0) is 0 Å². The minimum atomic E-state index is -0.491. The van der Waals surface area contributed by atoms with E-state index in [1.54, 1.807) is 42.6 Å². The highest BCUT2D eigenvalue weighted by atomic mass is 16.6. The molecule has 0 aliphatic heterocycles. The largest absolute Gasteiger partial charge is 0.371 e. The van der Waals surface area contributed by atoms with Crippen molar-refractivity contribution in [1.82, 2.24) is 4.98 Å². The quantitative estimate of drug-likeness (QED) is 0.406. The van der Waals surface area contributed by atoms with Crippen molar-refractivity contribution < 1.29 is 9.72 Å². The third kappa shape index (κ3) is 3.75. The highest BCUT2D eigenvalue weighted by molar-refractivity contribution is 6.09. The molecule has 1 heterocycles. The number of anilines is 1. The monoisotopic (exact) mass is 347 g/mol. The van der Waals surface area contributed by atoms with Crippen LogP contribution in [0.1, 0.15) is 34.6 Å². The number of carbonyl (C=O) groups is 1. The predicted molar refractivity (Wildman–Crippen MR) is 99.2 cm³/mol. The van der Waals surface area contributed by atoms with Gasteiger partial charge in [-0.15, -0.1) is 0 Å². The molecule has 130 valence electrons. The summed E-state index contributed by atoms with van der Waals surface area (Å²) in [7, 11) is 0. The van der Waals surface area contributed by atoms with Gasteiger partial charge in [-0.1, -0.05) is 36.4 Å². The molecule has 0 aliphatic carbocycles. The van der Waals surface area contributed by atoms with Crippen LogP contribution in [0, 0.1) is 10.1 Å². The molecule has 6 heteroatoms. The van der Waals surface area contributed by atoms with E-state index in [0.717, 1.165) is 5.69 Å². The molecule has 0 saturated carbocycles. The molecule has 0 radical (unpaired) electrons. The van der Waals surface area contributed by atoms with Crippen LogP contribution in [-0.4, -0.2) is 15.7 Å². The van der Waals surface area contributed by atoms with Crippen LogP contribution >= 0.6 is 0 Å². The van der Waals surface area contributed by atoms with Crippen molar-refractivity contribution in [1.29, 1.82) is 0 Å². The van der Waals surface area contributed by atoms with Gasteiger partial charge >= 0.3 is 0 Å². The van der Waals surface area contributed by atoms with Crippen LogP contribution in [0.5, 0.6) is 0 Å². The topological polar surface area (TPSA) is 85.1 Å². The Bertz CT molecular complexity index is 928. The van der Waals surface area contributed by atoms with E-state index in [4.69, 9.17) is 0 Å². The number of hydrogen-bond donors (Lipinski definition) is 1. The van der Waals surface area contributed by atoms with Crippen LogP contribution in [0.3, 0.4) is 0 Å². The molecule has 3 rings (SSSR count). The second-order valence-electron chi connectivity index (χ2n) is 5.80. The summed E-state index contributed by atoms with van der Waals surface area (Å²) < 4.78 is 0. The van der Waals surface area contributed by atoms with Gasteiger partial charge in [0, 0.05) is 23.4 Å². The molecule has 26 heavy (non-hydrogen) atoms. The number of carbonyl (C=O) groups excluding carboxylic acids is 1. The molecular weight excluding hydrogens is 330 g/mol. The standard InChI is InChI=1S/C20H17N3O3/c1-14(17-9-5-6-12-21-17)22-18-11-10-16(13-19(18)23(25)26)20(24)15-7-3-2-4-8-15/h2-14,22H,1H3/t14-/m1/s1. The van der Waals surface area contributed by atoms with E-state index >= 15 is 0 Å². The van der Waals surface area contributed by atoms with Gasteiger partial charge in [-0.05, 0) is 31.2 Å². The fraction of sp³-hybridized carbons (Fsp3) is 0.100. The lowest BCUT2D eigenvalue weighted by Crippen LogP contribution is -2.10. The zero-order valence-corrected chi connectivity index (χ0v) is 14.1. The van der Waals surface area contributed by atoms with Gasteiger partial charge in [0.2, 0.25) is 0 Å². The molecule has 1 atom stereocenters. The van der Waals surface area contributed by atoms with Crippen molar-refractivity contribution in [2.75, 3.05) is 5.32 Å². The van der Waals surface area contributed by atoms with E-state index < -0.39 is 4.92 Å². The van der Waals surface area contributed by atoms with E-state index in [-0.39, 0.29) is 23.1 Å². The number of nitro benzene ring substituents is 1. The Hall–Kier alpha value is -3.54. The number of ketones is 1. The molecule has 0 fully saturated rings. The maximum absolute atomic E-state index is 12.5. The third-order valence-corrected chi connectivity index (χ3v) is 4.00. The van der Waals surface area contributed by atoms with Gasteiger partial charge in [0.05, 0.1) is 16.7 Å². The van der Waals surface area contributed by atoms with Gasteiger partial charge in [0.25, 0.3) is 5.69 Å². The highest BCUT2D eigenvalue weighted by Gasteiger charge is 2.20. The molecule has 1 aromatic heterocycles. The normalized spacial score (nSPS) is 11.6. The second kappa shape index (κ2) is 7.57. The number of hydrogen-bond acceptors (Lipinski definition) is 5. The van der Waals surface area contributed by atoms with Gasteiger partial charge < -0.3 is 5.32 Å². The summed E-state index contributed by atoms with van der Waals surface area (Å²) in [5, 5.41) is 14.6. The number of nitrogens with zero attached hydrogens (tertiary/aromatic N) is 2. The van der Waals surface area contributed by atoms with Crippen molar-refractivity contribution in [3.8, 4) is 0 Å². The number of rotatable bonds is 6. The molecule has 0 spiro atoms. The molecular formula is C20H17N3O3. The lowest BCUT2D eigenvalue weighted by Gasteiger charge is -2.15. The molecule has 0 saturated heterocycles. The van der Waals surface area contributed by atoms with Crippen LogP contribution in [0.15, 0.2) is 72.9 Å². The number of nitrogens with one attached hydrogen (secondary N) is 1. The smallest absolute Gasteiger partial charge is 0.293 e. The number of aromatic nitrogens is 1. The van der Waals surface area contributed by atoms with Crippen molar-refractivity contribution >= 4 is 17.2 Å². The van der Waals surface area contributed by atoms with E-state index in [1.165, 1.54) is 6.07 Å². The highest BCUT2D eigenvalue weighted by Crippen LogP contribution is 2.29. The molecule has 2 aromatic carbocycles. The average Bonchev–Trinajstić information content (AvgIpc) is 2.69. The lowest BCUT2D eigenvalue weighted by molar-refractivity contribution is -0.384. The first kappa shape index (κ1) is 17.3. The maximum Gasteiger partial charge on any atom is 0.293 e. The van der Waals surface area contributed by atoms with Crippen LogP contribution in [0.4, 0.5) is 11.4 Å². The van der Waals surface area contributed by atoms with Crippen LogP contribution in [0.2, 0.25) is 0 Å². The number of nitro groups is 1. The molecule has 0 bridgehead atoms. The van der Waals surface area contributed by atoms with E-state index in [1.807, 2.05) is 31.2 Å². The average molecular weight is 347 g/mol. The number of pyridine rings is 1. The SMILES string of the molecule is C[C@@H](Nc1ccc(C(=O)c2ccccc2)cc1[N+](=O)[O-])c1ccccn1. The second-order valence-corrected chi connectivity index (χ2v) is 5.80. The van der Waals surface area contributed by atoms with E-state index in [0.29, 0.717) is 11.3 Å². The van der Waals surface area contributed by atoms with Crippen LogP contribution < -0.4 is 5.32 Å². The van der Waals surface area contributed by atoms with Crippen LogP contribution in [0.25, 0.3) is 0 Å². The maximum atomic E-state index is 12.5. The lowest BCUT2D eigenvalue weighted by atomic mass is 10.0. The van der Waals surface area contributed by atoms with Gasteiger partial charge in [-0.3, -0.25) is 19.9 Å². The van der Waals surface area contributed by atoms with Crippen molar-refractivity contribution in [2.24, 2.45) is 0 Å². The minimum Gasteiger partial charge on any atom is -0.371 e. The van der Waals surface area contributed by atoms with Gasteiger partial charge in [0.15, 0.2) is 5.78 Å². The zero-order chi connectivity index (χ0) is 18.5. The van der Waals surface area contributed by atoms with Gasteiger partial charge in [-0.25, -0.2) is 0 Å². The van der Waals surface area contributed by atoms with Gasteiger partial charge in [0.1, 0.15) is 5.69 Å². The van der Waals surface area contributed by atoms with Gasteiger partial charge in [-0.2, -0.15) is 0 Å².